The lowest BCUT2D eigenvalue weighted by Crippen LogP contribution is -2.26. The van der Waals surface area contributed by atoms with Crippen molar-refractivity contribution in [3.05, 3.63) is 201 Å². The maximum Gasteiger partial charge on any atom is 0.427 e. The van der Waals surface area contributed by atoms with Crippen molar-refractivity contribution in [1.82, 2.24) is 10.2 Å². The molecule has 0 bridgehead atoms. The van der Waals surface area contributed by atoms with E-state index in [0.717, 1.165) is 44.6 Å². The summed E-state index contributed by atoms with van der Waals surface area (Å²) in [5.41, 5.74) is 19.0. The number of hydrogen-bond acceptors (Lipinski definition) is 5. The molecule has 0 atom stereocenters. The van der Waals surface area contributed by atoms with Gasteiger partial charge in [-0.05, 0) is 151 Å². The summed E-state index contributed by atoms with van der Waals surface area (Å²) >= 11 is 0. The number of hydrogen-bond donors (Lipinski definition) is 0. The maximum absolute atomic E-state index is 14.4. The number of benzene rings is 8. The maximum atomic E-state index is 14.4. The van der Waals surface area contributed by atoms with Gasteiger partial charge in [0.05, 0.1) is 16.6 Å². The van der Waals surface area contributed by atoms with Crippen LogP contribution < -0.4 is 9.47 Å². The minimum atomic E-state index is -3.29. The molecule has 0 fully saturated rings. The fourth-order valence-electron chi connectivity index (χ4n) is 10.6. The molecule has 0 N–H and O–H groups in total. The van der Waals surface area contributed by atoms with Crippen LogP contribution in [0.25, 0.3) is 66.0 Å². The van der Waals surface area contributed by atoms with Crippen molar-refractivity contribution >= 4 is 43.7 Å². The van der Waals surface area contributed by atoms with E-state index in [1.165, 1.54) is 71.6 Å². The Morgan fingerprint density at radius 3 is 1.12 bits per heavy atom. The van der Waals surface area contributed by atoms with Gasteiger partial charge in [-0.1, -0.05) is 221 Å². The second kappa shape index (κ2) is 25.0. The van der Waals surface area contributed by atoms with Crippen molar-refractivity contribution < 1.29 is 22.7 Å². The summed E-state index contributed by atoms with van der Waals surface area (Å²) in [7, 11) is 0. The Morgan fingerprint density at radius 1 is 0.354 bits per heavy atom. The standard InChI is InChI=1S/C19H20F2O.C19H22O.C18H20N2.C18H20O.CH4/c1-11(2)13-5-7-15-16-8-6-14(12(3)4)10-18(16)22-19(20,21)17(15)9-13;1-12(2)14-5-7-17-16(9-14)11-20-19-10-15(13(3)4)6-8-18(17)19;1-11(2)13-5-7-15-16-8-6-14(12(3)4)10-18(16)20-19-17(15)9-13;1-11(2)13-5-7-15-16-8-6-14(12(3)4)10-18(16)19-17(15)9-13;/h5-12H,1-4H3;5-10,12-13H,11H2,1-4H3;5-12H,1-4H3;5-12H,1-4H3;1H4. The highest BCUT2D eigenvalue weighted by Crippen LogP contribution is 2.48. The van der Waals surface area contributed by atoms with Crippen LogP contribution in [-0.2, 0) is 12.7 Å². The van der Waals surface area contributed by atoms with Crippen LogP contribution in [0, 0.1) is 0 Å². The van der Waals surface area contributed by atoms with Gasteiger partial charge in [0.1, 0.15) is 29.3 Å². The predicted molar refractivity (Wildman–Crippen MR) is 343 cm³/mol. The number of aromatic nitrogens is 2. The van der Waals surface area contributed by atoms with E-state index in [9.17, 15) is 8.78 Å². The largest absolute Gasteiger partial charge is 0.488 e. The van der Waals surface area contributed by atoms with Gasteiger partial charge in [0.2, 0.25) is 0 Å². The molecule has 10 aromatic rings. The van der Waals surface area contributed by atoms with Crippen LogP contribution in [0.1, 0.15) is 221 Å². The Labute approximate surface area is 487 Å². The van der Waals surface area contributed by atoms with Gasteiger partial charge in [0.15, 0.2) is 0 Å². The summed E-state index contributed by atoms with van der Waals surface area (Å²) in [4.78, 5) is 0. The molecule has 0 unspecified atom stereocenters. The Morgan fingerprint density at radius 2 is 0.683 bits per heavy atom. The van der Waals surface area contributed by atoms with Crippen LogP contribution in [0.4, 0.5) is 8.78 Å². The van der Waals surface area contributed by atoms with Gasteiger partial charge in [0.25, 0.3) is 0 Å². The van der Waals surface area contributed by atoms with E-state index in [1.807, 2.05) is 45.9 Å². The zero-order valence-corrected chi connectivity index (χ0v) is 50.6. The summed E-state index contributed by atoms with van der Waals surface area (Å²) in [6.45, 7) is 35.3. The molecule has 2 aromatic heterocycles. The Hall–Kier alpha value is -7.38. The summed E-state index contributed by atoms with van der Waals surface area (Å²) < 4.78 is 45.9. The minimum Gasteiger partial charge on any atom is -0.488 e. The van der Waals surface area contributed by atoms with E-state index in [0.29, 0.717) is 47.7 Å². The van der Waals surface area contributed by atoms with Gasteiger partial charge in [-0.3, -0.25) is 0 Å². The van der Waals surface area contributed by atoms with Crippen molar-refractivity contribution in [2.75, 3.05) is 0 Å². The first-order valence-electron chi connectivity index (χ1n) is 29.4. The topological polar surface area (TPSA) is 57.4 Å². The number of rotatable bonds is 8. The number of halogens is 2. The van der Waals surface area contributed by atoms with Gasteiger partial charge >= 0.3 is 6.11 Å². The third-order valence-corrected chi connectivity index (χ3v) is 16.2. The normalized spacial score (nSPS) is 13.0. The molecule has 2 aliphatic rings. The molecule has 0 saturated heterocycles. The molecular formula is C75H86F2N2O3. The van der Waals surface area contributed by atoms with Crippen molar-refractivity contribution in [3.63, 3.8) is 0 Å². The molecule has 0 radical (unpaired) electrons. The Bertz CT molecular complexity index is 3690. The smallest absolute Gasteiger partial charge is 0.427 e. The SMILES string of the molecule is C.CC(C)c1ccc2c(c1)COc1cc(C(C)C)ccc1-2.CC(C)c1ccc2c(c1)OC(F)(F)c1cc(C(C)C)ccc1-2.CC(C)c1ccc2c(c1)nnc1cc(C(C)C)ccc12.CC(C)c1ccc2c(c1)oc1cc(C(C)C)ccc12. The third-order valence-electron chi connectivity index (χ3n) is 16.2. The molecule has 7 heteroatoms. The van der Waals surface area contributed by atoms with Gasteiger partial charge < -0.3 is 13.9 Å². The lowest BCUT2D eigenvalue weighted by Gasteiger charge is -2.29. The average Bonchev–Trinajstić information content (AvgIpc) is 3.16. The quantitative estimate of drug-likeness (QED) is 0.142. The van der Waals surface area contributed by atoms with Crippen LogP contribution in [0.5, 0.6) is 11.5 Å². The first-order valence-corrected chi connectivity index (χ1v) is 29.4. The fourth-order valence-corrected chi connectivity index (χ4v) is 10.6. The second-order valence-corrected chi connectivity index (χ2v) is 24.7. The monoisotopic (exact) mass is 1100 g/mol. The summed E-state index contributed by atoms with van der Waals surface area (Å²) in [6.07, 6.45) is -3.29. The molecule has 428 valence electrons. The molecule has 12 rings (SSSR count). The van der Waals surface area contributed by atoms with Crippen molar-refractivity contribution in [3.8, 4) is 33.8 Å². The van der Waals surface area contributed by atoms with Crippen molar-refractivity contribution in [2.45, 2.75) is 178 Å². The van der Waals surface area contributed by atoms with Gasteiger partial charge in [-0.2, -0.15) is 8.78 Å². The van der Waals surface area contributed by atoms with Crippen LogP contribution >= 0.6 is 0 Å². The average molecular weight is 1100 g/mol. The summed E-state index contributed by atoms with van der Waals surface area (Å²) in [5.74, 6) is 4.95. The molecule has 4 heterocycles. The minimum absolute atomic E-state index is 0. The molecular weight excluding hydrogens is 1010 g/mol. The number of furan rings is 1. The number of alkyl halides is 2. The van der Waals surface area contributed by atoms with Gasteiger partial charge in [0, 0.05) is 32.7 Å². The van der Waals surface area contributed by atoms with Gasteiger partial charge in [-0.15, -0.1) is 10.2 Å². The molecule has 5 nitrogen and oxygen atoms in total. The summed E-state index contributed by atoms with van der Waals surface area (Å²) in [6, 6.07) is 50.5. The Balaban J connectivity index is 0.000000143. The first kappa shape index (κ1) is 60.7. The predicted octanol–water partition coefficient (Wildman–Crippen LogP) is 23.0. The first-order chi connectivity index (χ1) is 38.5. The Kier molecular flexibility index (Phi) is 18.5. The lowest BCUT2D eigenvalue weighted by atomic mass is 9.90. The molecule has 8 aromatic carbocycles. The van der Waals surface area contributed by atoms with Crippen LogP contribution in [0.3, 0.4) is 0 Å². The van der Waals surface area contributed by atoms with Crippen LogP contribution in [0.2, 0.25) is 0 Å². The number of fused-ring (bicyclic) bond motifs is 12. The molecule has 2 aliphatic heterocycles. The zero-order chi connectivity index (χ0) is 58.2. The number of nitrogens with zero attached hydrogens (tertiary/aromatic N) is 2. The summed E-state index contributed by atoms with van der Waals surface area (Å²) in [5, 5.41) is 13.6. The number of ether oxygens (including phenoxy) is 2. The molecule has 0 saturated carbocycles. The van der Waals surface area contributed by atoms with Crippen LogP contribution in [0.15, 0.2) is 150 Å². The molecule has 0 amide bonds. The third kappa shape index (κ3) is 12.9. The molecule has 0 aliphatic carbocycles. The van der Waals surface area contributed by atoms with E-state index in [1.54, 1.807) is 18.2 Å². The van der Waals surface area contributed by atoms with Crippen LogP contribution in [-0.4, -0.2) is 10.2 Å². The van der Waals surface area contributed by atoms with Gasteiger partial charge in [-0.25, -0.2) is 0 Å². The molecule has 82 heavy (non-hydrogen) atoms. The highest BCUT2D eigenvalue weighted by molar-refractivity contribution is 6.05. The van der Waals surface area contributed by atoms with Crippen molar-refractivity contribution in [1.29, 1.82) is 0 Å². The van der Waals surface area contributed by atoms with E-state index >= 15 is 0 Å². The van der Waals surface area contributed by atoms with Crippen molar-refractivity contribution in [2.24, 2.45) is 0 Å². The highest BCUT2D eigenvalue weighted by atomic mass is 19.3. The van der Waals surface area contributed by atoms with E-state index in [-0.39, 0.29) is 30.6 Å². The van der Waals surface area contributed by atoms with E-state index in [2.05, 4.69) is 202 Å². The van der Waals surface area contributed by atoms with E-state index in [4.69, 9.17) is 13.9 Å². The second-order valence-electron chi connectivity index (χ2n) is 24.7. The zero-order valence-electron chi connectivity index (χ0n) is 50.6. The fraction of sp³-hybridized carbons (Fsp3) is 0.360. The van der Waals surface area contributed by atoms with E-state index < -0.39 is 6.11 Å². The lowest BCUT2D eigenvalue weighted by molar-refractivity contribution is -0.187. The molecule has 0 spiro atoms. The highest BCUT2D eigenvalue weighted by Gasteiger charge is 2.42.